The number of pyridine rings is 1. The highest BCUT2D eigenvalue weighted by atomic mass is 16.7. The average molecular weight is 872 g/mol. The number of fused-ring (bicyclic) bond motifs is 3. The summed E-state index contributed by atoms with van der Waals surface area (Å²) in [7, 11) is 0. The zero-order chi connectivity index (χ0) is 44.5. The molecular formula is C52H61N3O9. The molecule has 4 aliphatic rings. The van der Waals surface area contributed by atoms with Crippen LogP contribution in [0.25, 0.3) is 0 Å². The molecule has 338 valence electrons. The van der Waals surface area contributed by atoms with E-state index < -0.39 is 17.7 Å². The summed E-state index contributed by atoms with van der Waals surface area (Å²) in [6, 6.07) is 26.5. The van der Waals surface area contributed by atoms with Crippen molar-refractivity contribution in [1.29, 1.82) is 0 Å². The van der Waals surface area contributed by atoms with Gasteiger partial charge in [0.2, 0.25) is 12.6 Å². The number of rotatable bonds is 21. The molecule has 0 radical (unpaired) electrons. The molecule has 1 fully saturated rings. The van der Waals surface area contributed by atoms with Gasteiger partial charge in [-0.15, -0.1) is 6.58 Å². The third-order valence-electron chi connectivity index (χ3n) is 12.9. The molecule has 12 heteroatoms. The highest BCUT2D eigenvalue weighted by Crippen LogP contribution is 2.62. The van der Waals surface area contributed by atoms with Gasteiger partial charge in [0.15, 0.2) is 11.5 Å². The van der Waals surface area contributed by atoms with E-state index in [9.17, 15) is 10.2 Å². The minimum atomic E-state index is -1.39. The first kappa shape index (κ1) is 44.9. The van der Waals surface area contributed by atoms with Crippen LogP contribution in [0.5, 0.6) is 23.0 Å². The zero-order valence-electron chi connectivity index (χ0n) is 37.0. The van der Waals surface area contributed by atoms with Crippen molar-refractivity contribution in [3.8, 4) is 23.0 Å². The quantitative estimate of drug-likeness (QED) is 0.0473. The maximum atomic E-state index is 15.2. The van der Waals surface area contributed by atoms with Gasteiger partial charge in [0.25, 0.3) is 5.91 Å². The molecule has 1 amide bonds. The van der Waals surface area contributed by atoms with Gasteiger partial charge in [-0.05, 0) is 111 Å². The number of ether oxygens (including phenoxy) is 5. The number of hydrogen-bond acceptors (Lipinski definition) is 11. The number of aromatic nitrogens is 1. The number of aliphatic hydroxyl groups is 2. The summed E-state index contributed by atoms with van der Waals surface area (Å²) < 4.78 is 32.4. The molecule has 64 heavy (non-hydrogen) atoms. The summed E-state index contributed by atoms with van der Waals surface area (Å²) >= 11 is 0. The van der Waals surface area contributed by atoms with E-state index in [4.69, 9.17) is 33.7 Å². The predicted octanol–water partition coefficient (Wildman–Crippen LogP) is 9.08. The van der Waals surface area contributed by atoms with Crippen LogP contribution in [0.2, 0.25) is 0 Å². The number of amides is 1. The van der Waals surface area contributed by atoms with Crippen LogP contribution >= 0.6 is 0 Å². The Kier molecular flexibility index (Phi) is 14.6. The molecule has 12 nitrogen and oxygen atoms in total. The third-order valence-corrected chi connectivity index (χ3v) is 12.9. The van der Waals surface area contributed by atoms with Gasteiger partial charge in [0, 0.05) is 48.9 Å². The maximum absolute atomic E-state index is 15.2. The standard InChI is InChI=1S/C52H61N3O9/c1-4-24-55(51(58)38-20-22-46-47(29-38)61-34-60-46)48-31-44(54-63-32-36-15-7-6-8-16-36)42-28-37(17-9-11-25-56)41(19-10-12-26-57)49-43-30-40(59-33-39-18-13-14-35(3)53-39)21-23-45(43)64-52(48,50(42)49)62-27-5-2/h5-8,13-16,18,20-23,28-30,37,41,48-50,56-57H,2,4,9-12,17,19,24-27,31-34H2,1,3H3/t37-,41+,48-,49+,50+,52+/m0/s1. The molecule has 3 aromatic carbocycles. The Balaban J connectivity index is 1.31. The highest BCUT2D eigenvalue weighted by molar-refractivity contribution is 6.03. The molecule has 0 saturated heterocycles. The molecule has 0 bridgehead atoms. The smallest absolute Gasteiger partial charge is 0.254 e. The topological polar surface area (TPSA) is 141 Å². The molecule has 1 aromatic heterocycles. The van der Waals surface area contributed by atoms with Crippen LogP contribution in [0.3, 0.4) is 0 Å². The number of nitrogens with zero attached hydrogens (tertiary/aromatic N) is 3. The number of aryl methyl sites for hydroxylation is 1. The van der Waals surface area contributed by atoms with E-state index in [0.717, 1.165) is 59.5 Å². The second kappa shape index (κ2) is 20.9. The summed E-state index contributed by atoms with van der Waals surface area (Å²) in [5.41, 5.74) is 5.88. The highest BCUT2D eigenvalue weighted by Gasteiger charge is 2.65. The van der Waals surface area contributed by atoms with Crippen molar-refractivity contribution in [2.45, 2.75) is 96.2 Å². The van der Waals surface area contributed by atoms with E-state index in [1.807, 2.05) is 72.5 Å². The van der Waals surface area contributed by atoms with Crippen molar-refractivity contribution in [2.75, 3.05) is 33.2 Å². The molecule has 0 spiro atoms. The van der Waals surface area contributed by atoms with Crippen LogP contribution in [0.1, 0.15) is 97.1 Å². The summed E-state index contributed by atoms with van der Waals surface area (Å²) in [6.07, 6.45) is 9.70. The van der Waals surface area contributed by atoms with Crippen molar-refractivity contribution in [2.24, 2.45) is 22.9 Å². The van der Waals surface area contributed by atoms with Gasteiger partial charge < -0.3 is 43.6 Å². The van der Waals surface area contributed by atoms with Crippen LogP contribution in [0, 0.1) is 24.7 Å². The lowest BCUT2D eigenvalue weighted by molar-refractivity contribution is -0.254. The van der Waals surface area contributed by atoms with E-state index in [1.54, 1.807) is 24.3 Å². The number of carbonyl (C=O) groups is 1. The number of benzene rings is 3. The fraction of sp³-hybridized carbons (Fsp3) is 0.442. The number of unbranched alkanes of at least 4 members (excludes halogenated alkanes) is 2. The van der Waals surface area contributed by atoms with Crippen molar-refractivity contribution < 1.29 is 43.5 Å². The molecular weight excluding hydrogens is 811 g/mol. The molecule has 0 unspecified atom stereocenters. The Bertz CT molecular complexity index is 2300. The second-order valence-electron chi connectivity index (χ2n) is 17.2. The fourth-order valence-electron chi connectivity index (χ4n) is 10.2. The van der Waals surface area contributed by atoms with Gasteiger partial charge in [-0.25, -0.2) is 0 Å². The largest absolute Gasteiger partial charge is 0.487 e. The molecule has 3 heterocycles. The van der Waals surface area contributed by atoms with Crippen molar-refractivity contribution in [3.63, 3.8) is 0 Å². The minimum Gasteiger partial charge on any atom is -0.487 e. The molecule has 8 rings (SSSR count). The van der Waals surface area contributed by atoms with Crippen molar-refractivity contribution >= 4 is 11.6 Å². The predicted molar refractivity (Wildman–Crippen MR) is 243 cm³/mol. The van der Waals surface area contributed by atoms with E-state index >= 15 is 4.79 Å². The lowest BCUT2D eigenvalue weighted by Gasteiger charge is -2.60. The lowest BCUT2D eigenvalue weighted by atomic mass is 9.55. The monoisotopic (exact) mass is 871 g/mol. The maximum Gasteiger partial charge on any atom is 0.254 e. The Labute approximate surface area is 376 Å². The molecule has 2 N–H and O–H groups in total. The van der Waals surface area contributed by atoms with E-state index in [1.165, 1.54) is 0 Å². The Hall–Kier alpha value is -5.69. The summed E-state index contributed by atoms with van der Waals surface area (Å²) in [4.78, 5) is 28.0. The summed E-state index contributed by atoms with van der Waals surface area (Å²) in [6.45, 7) is 9.54. The van der Waals surface area contributed by atoms with Gasteiger partial charge in [0.05, 0.1) is 23.9 Å². The van der Waals surface area contributed by atoms with Crippen LogP contribution < -0.4 is 18.9 Å². The van der Waals surface area contributed by atoms with Gasteiger partial charge in [-0.1, -0.05) is 73.5 Å². The van der Waals surface area contributed by atoms with Crippen LogP contribution in [-0.2, 0) is 22.8 Å². The number of oxime groups is 1. The number of hydrogen-bond donors (Lipinski definition) is 2. The third kappa shape index (κ3) is 9.55. The number of carbonyl (C=O) groups excluding carboxylic acids is 1. The molecule has 6 atom stereocenters. The van der Waals surface area contributed by atoms with E-state index in [-0.39, 0.29) is 63.3 Å². The van der Waals surface area contributed by atoms with Gasteiger partial charge in [0.1, 0.15) is 30.8 Å². The molecule has 4 aromatic rings. The second-order valence-corrected chi connectivity index (χ2v) is 17.2. The van der Waals surface area contributed by atoms with E-state index in [0.29, 0.717) is 61.0 Å². The molecule has 2 aliphatic carbocycles. The first-order valence-corrected chi connectivity index (χ1v) is 22.9. The number of aliphatic hydroxyl groups excluding tert-OH is 2. The lowest BCUT2D eigenvalue weighted by Crippen LogP contribution is -2.70. The Morgan fingerprint density at radius 3 is 2.52 bits per heavy atom. The molecule has 1 saturated carbocycles. The Morgan fingerprint density at radius 2 is 1.73 bits per heavy atom. The fourth-order valence-corrected chi connectivity index (χ4v) is 10.2. The van der Waals surface area contributed by atoms with Crippen LogP contribution in [0.4, 0.5) is 0 Å². The SMILES string of the molecule is C=CCO[C@@]12Oc3ccc(OCc4cccc(C)n4)cc3[C@H]3[C@H](CCCCO)[C@@H](CCCCO)C=C(C(=NOCc4ccccc4)C[C@@H]1N(CCC)C(=O)c1ccc4c(c1)OCO4)[C@H]32. The van der Waals surface area contributed by atoms with Gasteiger partial charge in [-0.2, -0.15) is 0 Å². The normalized spacial score (nSPS) is 23.3. The zero-order valence-corrected chi connectivity index (χ0v) is 37.0. The summed E-state index contributed by atoms with van der Waals surface area (Å²) in [5.74, 6) is 0.378. The Morgan fingerprint density at radius 1 is 0.938 bits per heavy atom. The average Bonchev–Trinajstić information content (AvgIpc) is 3.79. The van der Waals surface area contributed by atoms with Crippen LogP contribution in [0.15, 0.2) is 114 Å². The van der Waals surface area contributed by atoms with E-state index in [2.05, 4.69) is 30.6 Å². The first-order chi connectivity index (χ1) is 31.4. The first-order valence-electron chi connectivity index (χ1n) is 22.9. The van der Waals surface area contributed by atoms with Crippen molar-refractivity contribution in [3.05, 3.63) is 137 Å². The van der Waals surface area contributed by atoms with Gasteiger partial charge in [-0.3, -0.25) is 9.78 Å². The van der Waals surface area contributed by atoms with Crippen LogP contribution in [-0.4, -0.2) is 76.7 Å². The minimum absolute atomic E-state index is 0.0662. The van der Waals surface area contributed by atoms with Crippen molar-refractivity contribution in [1.82, 2.24) is 9.88 Å². The van der Waals surface area contributed by atoms with Gasteiger partial charge >= 0.3 is 0 Å². The number of allylic oxidation sites excluding steroid dienone is 1. The summed E-state index contributed by atoms with van der Waals surface area (Å²) in [5, 5.41) is 25.0. The molecule has 2 aliphatic heterocycles.